The van der Waals surface area contributed by atoms with Crippen LogP contribution in [-0.4, -0.2) is 22.2 Å². The first-order chi connectivity index (χ1) is 2.64. The fourth-order valence-corrected chi connectivity index (χ4v) is 0. The molecule has 0 fully saturated rings. The van der Waals surface area contributed by atoms with E-state index in [4.69, 9.17) is 19.8 Å². The molecule has 63 valence electrons. The summed E-state index contributed by atoms with van der Waals surface area (Å²) in [6.45, 7) is 0. The first-order valence-electron chi connectivity index (χ1n) is 1.11. The molecular weight excluding hydrogens is 309 g/mol. The van der Waals surface area contributed by atoms with Gasteiger partial charge in [0.2, 0.25) is 0 Å². The summed E-state index contributed by atoms with van der Waals surface area (Å²) in [5, 5.41) is 14.8. The summed E-state index contributed by atoms with van der Waals surface area (Å²) in [7, 11) is 0. The maximum Gasteiger partial charge on any atom is 0.414 e. The van der Waals surface area contributed by atoms with Crippen molar-refractivity contribution in [1.29, 1.82) is 0 Å². The second-order valence-corrected chi connectivity index (χ2v) is 0.610. The first-order valence-corrected chi connectivity index (χ1v) is 1.11. The van der Waals surface area contributed by atoms with Crippen molar-refractivity contribution in [3.05, 3.63) is 0 Å². The topological polar surface area (TPSA) is 74.6 Å². The van der Waals surface area contributed by atoms with Crippen LogP contribution in [0.2, 0.25) is 0 Å². The summed E-state index contributed by atoms with van der Waals surface area (Å²) in [6.07, 6.45) is 0. The summed E-state index contributed by atoms with van der Waals surface area (Å²) in [5.74, 6) is -3.65. The van der Waals surface area contributed by atoms with Crippen LogP contribution in [0.15, 0.2) is 0 Å². The van der Waals surface area contributed by atoms with Crippen LogP contribution in [0.3, 0.4) is 0 Å². The van der Waals surface area contributed by atoms with E-state index in [9.17, 15) is 0 Å². The van der Waals surface area contributed by atoms with E-state index in [0.717, 1.165) is 0 Å². The van der Waals surface area contributed by atoms with Crippen LogP contribution in [0.5, 0.6) is 0 Å². The van der Waals surface area contributed by atoms with Crippen molar-refractivity contribution in [1.82, 2.24) is 0 Å². The van der Waals surface area contributed by atoms with Gasteiger partial charge in [-0.3, -0.25) is 0 Å². The van der Waals surface area contributed by atoms with Gasteiger partial charge in [0, 0.05) is 69.5 Å². The van der Waals surface area contributed by atoms with Crippen molar-refractivity contribution in [2.24, 2.45) is 0 Å². The molecule has 0 aliphatic carbocycles. The molecule has 2 N–H and O–H groups in total. The zero-order valence-corrected chi connectivity index (χ0v) is 8.95. The van der Waals surface area contributed by atoms with E-state index in [1.54, 1.807) is 0 Å². The van der Waals surface area contributed by atoms with Gasteiger partial charge in [-0.05, 0) is 0 Å². The molecule has 0 aromatic heterocycles. The minimum atomic E-state index is -1.82. The summed E-state index contributed by atoms with van der Waals surface area (Å²) >= 11 is 0. The molecule has 0 heterocycles. The molecular formula is C2H2CoFeMnO4V. The van der Waals surface area contributed by atoms with Crippen molar-refractivity contribution in [2.75, 3.05) is 0 Å². The van der Waals surface area contributed by atoms with E-state index in [0.29, 0.717) is 0 Å². The van der Waals surface area contributed by atoms with E-state index < -0.39 is 11.9 Å². The minimum absolute atomic E-state index is 0. The predicted octanol–water partition coefficient (Wildman–Crippen LogP) is -0.854. The largest absolute Gasteiger partial charge is 0.473 e. The number of carbonyl (C=O) groups is 2. The normalized spacial score (nSPS) is 4.40. The van der Waals surface area contributed by atoms with E-state index in [2.05, 4.69) is 0 Å². The Morgan fingerprint density at radius 1 is 1.00 bits per heavy atom. The van der Waals surface area contributed by atoms with Crippen LogP contribution < -0.4 is 0 Å². The molecule has 0 aliphatic rings. The molecule has 0 aliphatic heterocycles. The molecule has 0 aromatic carbocycles. The summed E-state index contributed by atoms with van der Waals surface area (Å²) in [5.41, 5.74) is 0. The van der Waals surface area contributed by atoms with Crippen molar-refractivity contribution >= 4 is 11.9 Å². The fraction of sp³-hybridized carbons (Fsp3) is 0. The molecule has 0 saturated carbocycles. The van der Waals surface area contributed by atoms with Gasteiger partial charge >= 0.3 is 11.9 Å². The predicted molar refractivity (Wildman–Crippen MR) is 15.3 cm³/mol. The fourth-order valence-electron chi connectivity index (χ4n) is 0. The monoisotopic (exact) mass is 311 g/mol. The SMILES string of the molecule is O=C(O)C(=O)O.[Co].[Fe].[Mn].[V]. The van der Waals surface area contributed by atoms with Crippen LogP contribution >= 0.6 is 0 Å². The van der Waals surface area contributed by atoms with Gasteiger partial charge in [0.05, 0.1) is 0 Å². The van der Waals surface area contributed by atoms with Gasteiger partial charge in [-0.25, -0.2) is 9.59 Å². The van der Waals surface area contributed by atoms with Crippen LogP contribution in [0.4, 0.5) is 0 Å². The second kappa shape index (κ2) is 16.6. The van der Waals surface area contributed by atoms with Crippen LogP contribution in [0, 0.1) is 0 Å². The third kappa shape index (κ3) is 23.0. The smallest absolute Gasteiger partial charge is 0.414 e. The van der Waals surface area contributed by atoms with Gasteiger partial charge in [0.15, 0.2) is 0 Å². The molecule has 0 aromatic rings. The number of aliphatic carboxylic acids is 2. The third-order valence-corrected chi connectivity index (χ3v) is 0.183. The Bertz CT molecular complexity index is 89.3. The molecule has 0 bridgehead atoms. The van der Waals surface area contributed by atoms with E-state index in [1.807, 2.05) is 0 Å². The molecule has 10 heavy (non-hydrogen) atoms. The zero-order chi connectivity index (χ0) is 5.15. The zero-order valence-electron chi connectivity index (χ0n) is 4.22. The molecule has 8 heteroatoms. The molecule has 0 rings (SSSR count). The number of hydrogen-bond donors (Lipinski definition) is 2. The molecule has 0 amide bonds. The van der Waals surface area contributed by atoms with E-state index >= 15 is 0 Å². The molecule has 0 atom stereocenters. The van der Waals surface area contributed by atoms with Crippen molar-refractivity contribution < 1.29 is 89.3 Å². The molecule has 4 nitrogen and oxygen atoms in total. The van der Waals surface area contributed by atoms with Gasteiger partial charge in [-0.15, -0.1) is 0 Å². The van der Waals surface area contributed by atoms with E-state index in [1.165, 1.54) is 0 Å². The van der Waals surface area contributed by atoms with Crippen molar-refractivity contribution in [2.45, 2.75) is 0 Å². The maximum absolute atomic E-state index is 9.10. The number of carboxylic acid groups (broad SMARTS) is 2. The standard InChI is InChI=1S/C2H2O4.Co.Fe.Mn.V/c3-1(4)2(5)6;;;;/h(H,3,4)(H,5,6);;;;. The van der Waals surface area contributed by atoms with Gasteiger partial charge < -0.3 is 10.2 Å². The molecule has 0 saturated heterocycles. The minimum Gasteiger partial charge on any atom is -0.473 e. The average Bonchev–Trinajstić information content (AvgIpc) is 1.36. The Kier molecular flexibility index (Phi) is 50.5. The van der Waals surface area contributed by atoms with Crippen LogP contribution in [-0.2, 0) is 79.1 Å². The van der Waals surface area contributed by atoms with Crippen LogP contribution in [0.25, 0.3) is 0 Å². The van der Waals surface area contributed by atoms with Gasteiger partial charge in [-0.1, -0.05) is 0 Å². The van der Waals surface area contributed by atoms with Gasteiger partial charge in [0.1, 0.15) is 0 Å². The average molecular weight is 311 g/mol. The van der Waals surface area contributed by atoms with Crippen molar-refractivity contribution in [3.63, 3.8) is 0 Å². The summed E-state index contributed by atoms with van der Waals surface area (Å²) < 4.78 is 0. The molecule has 3 radical (unpaired) electrons. The maximum atomic E-state index is 9.10. The summed E-state index contributed by atoms with van der Waals surface area (Å²) in [6, 6.07) is 0. The van der Waals surface area contributed by atoms with Gasteiger partial charge in [0.25, 0.3) is 0 Å². The molecule has 0 unspecified atom stereocenters. The quantitative estimate of drug-likeness (QED) is 0.451. The van der Waals surface area contributed by atoms with Crippen LogP contribution in [0.1, 0.15) is 0 Å². The Morgan fingerprint density at radius 2 is 1.10 bits per heavy atom. The molecule has 0 spiro atoms. The Morgan fingerprint density at radius 3 is 1.10 bits per heavy atom. The number of carboxylic acids is 2. The van der Waals surface area contributed by atoms with Crippen molar-refractivity contribution in [3.8, 4) is 0 Å². The Balaban J connectivity index is -0.0000000208. The number of hydrogen-bond acceptors (Lipinski definition) is 2. The summed E-state index contributed by atoms with van der Waals surface area (Å²) in [4.78, 5) is 18.2. The number of rotatable bonds is 0. The second-order valence-electron chi connectivity index (χ2n) is 0.610. The Hall–Kier alpha value is 1.07. The third-order valence-electron chi connectivity index (χ3n) is 0.183. The van der Waals surface area contributed by atoms with Gasteiger partial charge in [-0.2, -0.15) is 0 Å². The first kappa shape index (κ1) is 30.5. The Labute approximate surface area is 101 Å². The van der Waals surface area contributed by atoms with E-state index in [-0.39, 0.29) is 69.5 Å².